The first kappa shape index (κ1) is 15.2. The van der Waals surface area contributed by atoms with Crippen molar-refractivity contribution < 1.29 is 8.42 Å². The highest BCUT2D eigenvalue weighted by Gasteiger charge is 2.19. The molecule has 0 saturated heterocycles. The second kappa shape index (κ2) is 5.41. The van der Waals surface area contributed by atoms with E-state index < -0.39 is 9.84 Å². The molecular weight excluding hydrogens is 246 g/mol. The largest absolute Gasteiger partial charge is 0.330 e. The van der Waals surface area contributed by atoms with Crippen LogP contribution in [0.1, 0.15) is 38.3 Å². The fourth-order valence-corrected chi connectivity index (χ4v) is 3.44. The van der Waals surface area contributed by atoms with Gasteiger partial charge in [-0.05, 0) is 42.5 Å². The van der Waals surface area contributed by atoms with Crippen molar-refractivity contribution in [3.8, 4) is 0 Å². The van der Waals surface area contributed by atoms with Gasteiger partial charge in [0.15, 0.2) is 9.84 Å². The Morgan fingerprint density at radius 3 is 2.28 bits per heavy atom. The Labute approximate surface area is 110 Å². The summed E-state index contributed by atoms with van der Waals surface area (Å²) in [4.78, 5) is 0.434. The zero-order valence-electron chi connectivity index (χ0n) is 11.7. The number of nitrogens with two attached hydrogens (primary N) is 1. The van der Waals surface area contributed by atoms with Gasteiger partial charge in [-0.1, -0.05) is 32.9 Å². The molecule has 0 saturated carbocycles. The molecule has 1 aromatic carbocycles. The van der Waals surface area contributed by atoms with Crippen LogP contribution in [-0.2, 0) is 15.3 Å². The molecule has 0 spiro atoms. The van der Waals surface area contributed by atoms with Crippen LogP contribution < -0.4 is 5.73 Å². The summed E-state index contributed by atoms with van der Waals surface area (Å²) in [5.74, 6) is 0.124. The Balaban J connectivity index is 3.14. The third-order valence-corrected chi connectivity index (χ3v) is 4.95. The van der Waals surface area contributed by atoms with Crippen molar-refractivity contribution in [2.24, 2.45) is 5.73 Å². The Kier molecular flexibility index (Phi) is 4.56. The van der Waals surface area contributed by atoms with Crippen LogP contribution in [-0.4, -0.2) is 20.7 Å². The van der Waals surface area contributed by atoms with Crippen molar-refractivity contribution in [1.82, 2.24) is 0 Å². The molecule has 0 fully saturated rings. The van der Waals surface area contributed by atoms with Crippen LogP contribution in [0, 0.1) is 6.92 Å². The lowest BCUT2D eigenvalue weighted by Crippen LogP contribution is -2.15. The molecule has 0 aliphatic heterocycles. The maximum absolute atomic E-state index is 12.1. The van der Waals surface area contributed by atoms with Crippen LogP contribution >= 0.6 is 0 Å². The van der Waals surface area contributed by atoms with E-state index in [2.05, 4.69) is 20.8 Å². The van der Waals surface area contributed by atoms with E-state index in [4.69, 9.17) is 5.73 Å². The van der Waals surface area contributed by atoms with Gasteiger partial charge >= 0.3 is 0 Å². The van der Waals surface area contributed by atoms with E-state index >= 15 is 0 Å². The van der Waals surface area contributed by atoms with Crippen molar-refractivity contribution in [3.05, 3.63) is 29.3 Å². The van der Waals surface area contributed by atoms with Gasteiger partial charge in [0.05, 0.1) is 10.6 Å². The number of benzene rings is 1. The summed E-state index contributed by atoms with van der Waals surface area (Å²) in [6.07, 6.45) is 0.503. The van der Waals surface area contributed by atoms with E-state index in [0.717, 1.165) is 11.1 Å². The Hall–Kier alpha value is -0.870. The SMILES string of the molecule is Cc1cc(C(C)(C)C)ccc1S(=O)(=O)CCCN. The number of sulfone groups is 1. The third kappa shape index (κ3) is 3.56. The molecule has 3 nitrogen and oxygen atoms in total. The Morgan fingerprint density at radius 1 is 1.22 bits per heavy atom. The molecule has 18 heavy (non-hydrogen) atoms. The second-order valence-electron chi connectivity index (χ2n) is 5.69. The van der Waals surface area contributed by atoms with Crippen LogP contribution in [0.5, 0.6) is 0 Å². The van der Waals surface area contributed by atoms with Crippen molar-refractivity contribution in [2.45, 2.75) is 44.4 Å². The van der Waals surface area contributed by atoms with Gasteiger partial charge in [-0.3, -0.25) is 0 Å². The fourth-order valence-electron chi connectivity index (χ4n) is 1.85. The lowest BCUT2D eigenvalue weighted by Gasteiger charge is -2.20. The summed E-state index contributed by atoms with van der Waals surface area (Å²) in [6.45, 7) is 8.60. The van der Waals surface area contributed by atoms with Gasteiger partial charge in [0, 0.05) is 0 Å². The first-order chi connectivity index (χ1) is 8.18. The average Bonchev–Trinajstić information content (AvgIpc) is 2.24. The minimum Gasteiger partial charge on any atom is -0.330 e. The van der Waals surface area contributed by atoms with Gasteiger partial charge in [0.25, 0.3) is 0 Å². The Bertz CT molecular complexity index is 513. The summed E-state index contributed by atoms with van der Waals surface area (Å²) in [5.41, 5.74) is 7.37. The zero-order valence-corrected chi connectivity index (χ0v) is 12.5. The lowest BCUT2D eigenvalue weighted by atomic mass is 9.86. The first-order valence-corrected chi connectivity index (χ1v) is 7.87. The highest BCUT2D eigenvalue weighted by molar-refractivity contribution is 7.91. The molecule has 1 rings (SSSR count). The van der Waals surface area contributed by atoms with Crippen molar-refractivity contribution in [1.29, 1.82) is 0 Å². The fraction of sp³-hybridized carbons (Fsp3) is 0.571. The number of hydrogen-bond donors (Lipinski definition) is 1. The van der Waals surface area contributed by atoms with Crippen molar-refractivity contribution >= 4 is 9.84 Å². The summed E-state index contributed by atoms with van der Waals surface area (Å²) >= 11 is 0. The lowest BCUT2D eigenvalue weighted by molar-refractivity contribution is 0.584. The molecule has 0 aliphatic carbocycles. The van der Waals surface area contributed by atoms with E-state index in [0.29, 0.717) is 17.9 Å². The van der Waals surface area contributed by atoms with E-state index in [1.807, 2.05) is 19.1 Å². The zero-order chi connectivity index (χ0) is 14.0. The summed E-state index contributed by atoms with van der Waals surface area (Å²) in [6, 6.07) is 5.60. The topological polar surface area (TPSA) is 60.2 Å². The molecule has 0 aliphatic rings. The molecule has 0 aromatic heterocycles. The highest BCUT2D eigenvalue weighted by Crippen LogP contribution is 2.26. The van der Waals surface area contributed by atoms with Gasteiger partial charge in [0.2, 0.25) is 0 Å². The predicted molar refractivity (Wildman–Crippen MR) is 75.6 cm³/mol. The van der Waals surface area contributed by atoms with E-state index in [9.17, 15) is 8.42 Å². The molecule has 102 valence electrons. The molecule has 1 aromatic rings. The molecule has 0 unspecified atom stereocenters. The molecule has 0 amide bonds. The molecular formula is C14H23NO2S. The molecule has 0 atom stereocenters. The summed E-state index contributed by atoms with van der Waals surface area (Å²) < 4.78 is 24.2. The van der Waals surface area contributed by atoms with Crippen LogP contribution in [0.15, 0.2) is 23.1 Å². The Morgan fingerprint density at radius 2 is 1.83 bits per heavy atom. The minimum atomic E-state index is -3.20. The van der Waals surface area contributed by atoms with Crippen LogP contribution in [0.3, 0.4) is 0 Å². The maximum Gasteiger partial charge on any atom is 0.178 e. The van der Waals surface area contributed by atoms with Gasteiger partial charge in [-0.15, -0.1) is 0 Å². The van der Waals surface area contributed by atoms with E-state index in [1.54, 1.807) is 6.07 Å². The van der Waals surface area contributed by atoms with Gasteiger partial charge in [0.1, 0.15) is 0 Å². The number of aryl methyl sites for hydroxylation is 1. The second-order valence-corrected chi connectivity index (χ2v) is 7.77. The maximum atomic E-state index is 12.1. The predicted octanol–water partition coefficient (Wildman–Crippen LogP) is 2.42. The van der Waals surface area contributed by atoms with Gasteiger partial charge in [-0.25, -0.2) is 8.42 Å². The summed E-state index contributed by atoms with van der Waals surface area (Å²) in [7, 11) is -3.20. The van der Waals surface area contributed by atoms with E-state index in [-0.39, 0.29) is 11.2 Å². The molecule has 2 N–H and O–H groups in total. The number of rotatable bonds is 4. The smallest absolute Gasteiger partial charge is 0.178 e. The average molecular weight is 269 g/mol. The van der Waals surface area contributed by atoms with E-state index in [1.165, 1.54) is 0 Å². The molecule has 0 heterocycles. The molecule has 4 heteroatoms. The monoisotopic (exact) mass is 269 g/mol. The molecule has 0 bridgehead atoms. The van der Waals surface area contributed by atoms with Crippen molar-refractivity contribution in [3.63, 3.8) is 0 Å². The number of hydrogen-bond acceptors (Lipinski definition) is 3. The quantitative estimate of drug-likeness (QED) is 0.913. The van der Waals surface area contributed by atoms with Crippen molar-refractivity contribution in [2.75, 3.05) is 12.3 Å². The van der Waals surface area contributed by atoms with Crippen LogP contribution in [0.2, 0.25) is 0 Å². The van der Waals surface area contributed by atoms with Gasteiger partial charge < -0.3 is 5.73 Å². The standard InChI is InChI=1S/C14H23NO2S/c1-11-10-12(14(2,3)4)6-7-13(11)18(16,17)9-5-8-15/h6-7,10H,5,8-9,15H2,1-4H3. The van der Waals surface area contributed by atoms with Crippen LogP contribution in [0.25, 0.3) is 0 Å². The third-order valence-electron chi connectivity index (χ3n) is 2.99. The first-order valence-electron chi connectivity index (χ1n) is 6.22. The van der Waals surface area contributed by atoms with Crippen LogP contribution in [0.4, 0.5) is 0 Å². The summed E-state index contributed by atoms with van der Waals surface area (Å²) in [5, 5.41) is 0. The minimum absolute atomic E-state index is 0.0321. The highest BCUT2D eigenvalue weighted by atomic mass is 32.2. The van der Waals surface area contributed by atoms with Gasteiger partial charge in [-0.2, -0.15) is 0 Å². The normalized spacial score (nSPS) is 12.7. The molecule has 0 radical (unpaired) electrons.